The first kappa shape index (κ1) is 23.7. The summed E-state index contributed by atoms with van der Waals surface area (Å²) in [5.41, 5.74) is 6.69. The predicted molar refractivity (Wildman–Crippen MR) is 140 cm³/mol. The lowest BCUT2D eigenvalue weighted by atomic mass is 9.94. The second-order valence-corrected chi connectivity index (χ2v) is 10.6. The number of aryl methyl sites for hydroxylation is 1. The summed E-state index contributed by atoms with van der Waals surface area (Å²) < 4.78 is 18.0. The Morgan fingerprint density at radius 1 is 1.09 bits per heavy atom. The summed E-state index contributed by atoms with van der Waals surface area (Å²) in [5.74, 6) is 0.371. The minimum absolute atomic E-state index is 0.125. The van der Waals surface area contributed by atoms with E-state index in [4.69, 9.17) is 0 Å². The lowest BCUT2D eigenvalue weighted by Gasteiger charge is -2.39. The van der Waals surface area contributed by atoms with E-state index in [1.807, 2.05) is 6.20 Å². The molecule has 4 aromatic rings. The average molecular weight is 478 g/mol. The fraction of sp³-hybridized carbons (Fsp3) is 0.519. The number of anilines is 1. The topological polar surface area (TPSA) is 65.4 Å². The monoisotopic (exact) mass is 477 g/mol. The summed E-state index contributed by atoms with van der Waals surface area (Å²) in [4.78, 5) is 17.0. The number of nitrogens with one attached hydrogen (secondary N) is 1. The molecule has 0 amide bonds. The Morgan fingerprint density at radius 2 is 1.80 bits per heavy atom. The Balaban J connectivity index is 1.58. The molecule has 0 unspecified atom stereocenters. The number of piperidine rings is 1. The number of hydrogen-bond donors (Lipinski definition) is 1. The second-order valence-electron chi connectivity index (χ2n) is 10.6. The maximum Gasteiger partial charge on any atom is 0.175 e. The van der Waals surface area contributed by atoms with Gasteiger partial charge in [0.05, 0.1) is 17.4 Å². The van der Waals surface area contributed by atoms with E-state index in [0.29, 0.717) is 23.3 Å². The maximum atomic E-state index is 16.2. The van der Waals surface area contributed by atoms with Gasteiger partial charge in [-0.3, -0.25) is 0 Å². The van der Waals surface area contributed by atoms with Crippen LogP contribution >= 0.6 is 0 Å². The average Bonchev–Trinajstić information content (AvgIpc) is 3.46. The number of aromatic nitrogens is 5. The molecule has 5 heterocycles. The molecule has 5 rings (SSSR count). The number of rotatable bonds is 5. The van der Waals surface area contributed by atoms with Crippen LogP contribution in [0.2, 0.25) is 0 Å². The highest BCUT2D eigenvalue weighted by molar-refractivity contribution is 5.94. The molecule has 0 saturated carbocycles. The van der Waals surface area contributed by atoms with Gasteiger partial charge in [0.2, 0.25) is 0 Å². The molecule has 1 fully saturated rings. The number of nitrogens with zero attached hydrogens (tertiary/aromatic N) is 6. The van der Waals surface area contributed by atoms with Crippen molar-refractivity contribution in [3.8, 4) is 11.3 Å². The Labute approximate surface area is 206 Å². The van der Waals surface area contributed by atoms with Crippen molar-refractivity contribution in [1.29, 1.82) is 0 Å². The van der Waals surface area contributed by atoms with Crippen LogP contribution in [0, 0.1) is 19.7 Å². The quantitative estimate of drug-likeness (QED) is 0.413. The summed E-state index contributed by atoms with van der Waals surface area (Å²) in [5, 5.41) is 5.00. The zero-order valence-corrected chi connectivity index (χ0v) is 21.9. The van der Waals surface area contributed by atoms with Crippen LogP contribution in [-0.2, 0) is 0 Å². The first-order valence-corrected chi connectivity index (χ1v) is 12.7. The highest BCUT2D eigenvalue weighted by Gasteiger charge is 2.29. The molecule has 0 spiro atoms. The van der Waals surface area contributed by atoms with Gasteiger partial charge in [-0.1, -0.05) is 13.8 Å². The van der Waals surface area contributed by atoms with E-state index in [-0.39, 0.29) is 11.7 Å². The predicted octanol–water partition coefficient (Wildman–Crippen LogP) is 5.46. The Bertz CT molecular complexity index is 1380. The van der Waals surface area contributed by atoms with Crippen LogP contribution < -0.4 is 4.90 Å². The molecule has 1 aliphatic rings. The molecule has 1 aliphatic heterocycles. The maximum absolute atomic E-state index is 16.2. The third-order valence-electron chi connectivity index (χ3n) is 7.93. The third-order valence-corrected chi connectivity index (χ3v) is 7.93. The molecule has 0 bridgehead atoms. The van der Waals surface area contributed by atoms with Crippen molar-refractivity contribution in [2.45, 2.75) is 72.4 Å². The number of aromatic amines is 1. The van der Waals surface area contributed by atoms with Gasteiger partial charge in [0, 0.05) is 42.3 Å². The summed E-state index contributed by atoms with van der Waals surface area (Å²) in [6.07, 6.45) is 7.38. The van der Waals surface area contributed by atoms with Gasteiger partial charge in [-0.15, -0.1) is 0 Å². The van der Waals surface area contributed by atoms with Crippen molar-refractivity contribution in [2.75, 3.05) is 25.0 Å². The second kappa shape index (κ2) is 8.90. The van der Waals surface area contributed by atoms with Gasteiger partial charge in [-0.25, -0.2) is 18.9 Å². The first-order valence-electron chi connectivity index (χ1n) is 12.7. The molecule has 1 saturated heterocycles. The van der Waals surface area contributed by atoms with E-state index in [2.05, 4.69) is 78.4 Å². The van der Waals surface area contributed by atoms with E-state index >= 15 is 4.39 Å². The number of hydrogen-bond acceptors (Lipinski definition) is 5. The summed E-state index contributed by atoms with van der Waals surface area (Å²) >= 11 is 0. The fourth-order valence-electron chi connectivity index (χ4n) is 5.53. The molecule has 0 aliphatic carbocycles. The van der Waals surface area contributed by atoms with Crippen molar-refractivity contribution in [3.63, 3.8) is 0 Å². The Kier molecular flexibility index (Phi) is 6.03. The van der Waals surface area contributed by atoms with E-state index in [0.717, 1.165) is 65.0 Å². The van der Waals surface area contributed by atoms with Crippen molar-refractivity contribution >= 4 is 22.4 Å². The van der Waals surface area contributed by atoms with E-state index < -0.39 is 0 Å². The lowest BCUT2D eigenvalue weighted by molar-refractivity contribution is 0.168. The third kappa shape index (κ3) is 3.88. The molecule has 0 atom stereocenters. The van der Waals surface area contributed by atoms with Gasteiger partial charge >= 0.3 is 0 Å². The minimum atomic E-state index is -0.222. The summed E-state index contributed by atoms with van der Waals surface area (Å²) in [7, 11) is 2.19. The molecule has 0 radical (unpaired) electrons. The van der Waals surface area contributed by atoms with Crippen molar-refractivity contribution in [3.05, 3.63) is 41.2 Å². The molecular formula is C27H36FN7. The van der Waals surface area contributed by atoms with Crippen LogP contribution in [0.25, 0.3) is 27.8 Å². The molecule has 0 aromatic carbocycles. The molecule has 186 valence electrons. The van der Waals surface area contributed by atoms with Crippen LogP contribution in [0.4, 0.5) is 10.2 Å². The van der Waals surface area contributed by atoms with E-state index in [9.17, 15) is 0 Å². The number of H-pyrrole nitrogens is 1. The zero-order chi connectivity index (χ0) is 25.0. The smallest absolute Gasteiger partial charge is 0.175 e. The summed E-state index contributed by atoms with van der Waals surface area (Å²) in [6.45, 7) is 14.5. The van der Waals surface area contributed by atoms with E-state index in [1.54, 1.807) is 17.0 Å². The first-order chi connectivity index (χ1) is 16.7. The van der Waals surface area contributed by atoms with Gasteiger partial charge in [0.25, 0.3) is 0 Å². The largest absolute Gasteiger partial charge is 0.354 e. The Morgan fingerprint density at radius 3 is 2.46 bits per heavy atom. The molecule has 35 heavy (non-hydrogen) atoms. The fourth-order valence-corrected chi connectivity index (χ4v) is 5.53. The SMILES string of the molecule is Cc1c(-c2[nH]c3cnc(N4CCC(N(C)C(C)C)CC4)c(F)c3c2C(C)C)cn2ncnc2c1C. The Hall–Kier alpha value is -3.00. The van der Waals surface area contributed by atoms with Crippen molar-refractivity contribution in [2.24, 2.45) is 0 Å². The minimum Gasteiger partial charge on any atom is -0.354 e. The molecule has 1 N–H and O–H groups in total. The van der Waals surface area contributed by atoms with Crippen LogP contribution in [0.15, 0.2) is 18.7 Å². The van der Waals surface area contributed by atoms with Gasteiger partial charge in [0.1, 0.15) is 6.33 Å². The van der Waals surface area contributed by atoms with Crippen LogP contribution in [0.1, 0.15) is 63.1 Å². The highest BCUT2D eigenvalue weighted by atomic mass is 19.1. The standard InChI is InChI=1S/C27H36FN7/c1-15(2)22-23-21(32-25(22)20-13-35-26(30-14-31-35)18(6)17(20)5)12-29-27(24(23)28)34-10-8-19(9-11-34)33(7)16(3)4/h12-16,19,32H,8-11H2,1-7H3. The zero-order valence-electron chi connectivity index (χ0n) is 21.9. The van der Waals surface area contributed by atoms with Gasteiger partial charge in [0.15, 0.2) is 17.3 Å². The van der Waals surface area contributed by atoms with Gasteiger partial charge in [-0.05, 0) is 70.2 Å². The van der Waals surface area contributed by atoms with Gasteiger partial charge in [-0.2, -0.15) is 5.10 Å². The van der Waals surface area contributed by atoms with Crippen LogP contribution in [0.3, 0.4) is 0 Å². The lowest BCUT2D eigenvalue weighted by Crippen LogP contribution is -2.46. The normalized spacial score (nSPS) is 15.6. The summed E-state index contributed by atoms with van der Waals surface area (Å²) in [6, 6.07) is 1.04. The number of halogens is 1. The number of pyridine rings is 2. The van der Waals surface area contributed by atoms with Crippen LogP contribution in [0.5, 0.6) is 0 Å². The van der Waals surface area contributed by atoms with Crippen molar-refractivity contribution in [1.82, 2.24) is 29.5 Å². The van der Waals surface area contributed by atoms with Crippen LogP contribution in [-0.4, -0.2) is 61.7 Å². The highest BCUT2D eigenvalue weighted by Crippen LogP contribution is 2.40. The molecular weight excluding hydrogens is 441 g/mol. The van der Waals surface area contributed by atoms with Gasteiger partial charge < -0.3 is 14.8 Å². The molecule has 7 nitrogen and oxygen atoms in total. The van der Waals surface area contributed by atoms with Crippen molar-refractivity contribution < 1.29 is 4.39 Å². The molecule has 4 aromatic heterocycles. The molecule has 8 heteroatoms. The number of fused-ring (bicyclic) bond motifs is 2. The van der Waals surface area contributed by atoms with E-state index in [1.165, 1.54) is 0 Å².